The summed E-state index contributed by atoms with van der Waals surface area (Å²) in [5.41, 5.74) is 3.30. The normalized spacial score (nSPS) is 15.0. The van der Waals surface area contributed by atoms with Crippen LogP contribution in [-0.2, 0) is 11.2 Å². The van der Waals surface area contributed by atoms with Gasteiger partial charge in [0, 0.05) is 37.1 Å². The molecule has 0 radical (unpaired) electrons. The van der Waals surface area contributed by atoms with Crippen LogP contribution in [0.4, 0.5) is 10.8 Å². The van der Waals surface area contributed by atoms with Gasteiger partial charge in [0.25, 0.3) is 0 Å². The lowest BCUT2D eigenvalue weighted by atomic mass is 9.95. The standard InChI is InChI=1S/C21H25N5OS/c1-3-16-8-6-7-15(2)18(16)22-19(27)17-9-13-26(14-10-17)21-24-23-20(28-21)25-11-4-5-12-25/h4-8,11-12,17H,3,9-10,13-14H2,1-2H3,(H,22,27). The van der Waals surface area contributed by atoms with E-state index in [1.165, 1.54) is 5.56 Å². The Bertz CT molecular complexity index is 942. The van der Waals surface area contributed by atoms with Crippen LogP contribution in [0.5, 0.6) is 0 Å². The number of nitrogens with one attached hydrogen (secondary N) is 1. The fourth-order valence-corrected chi connectivity index (χ4v) is 4.53. The number of nitrogens with zero attached hydrogens (tertiary/aromatic N) is 4. The highest BCUT2D eigenvalue weighted by Gasteiger charge is 2.27. The van der Waals surface area contributed by atoms with E-state index in [-0.39, 0.29) is 11.8 Å². The summed E-state index contributed by atoms with van der Waals surface area (Å²) in [7, 11) is 0. The van der Waals surface area contributed by atoms with E-state index in [1.807, 2.05) is 35.2 Å². The average molecular weight is 396 g/mol. The second-order valence-electron chi connectivity index (χ2n) is 7.17. The Kier molecular flexibility index (Phi) is 5.43. The SMILES string of the molecule is CCc1cccc(C)c1NC(=O)C1CCN(c2nnc(-n3cccc3)s2)CC1. The van der Waals surface area contributed by atoms with Gasteiger partial charge in [0.05, 0.1) is 0 Å². The third-order valence-corrected chi connectivity index (χ3v) is 6.35. The van der Waals surface area contributed by atoms with Crippen LogP contribution in [0.2, 0.25) is 0 Å². The molecule has 3 aromatic rings. The van der Waals surface area contributed by atoms with Crippen LogP contribution in [0.1, 0.15) is 30.9 Å². The molecule has 3 heterocycles. The molecular formula is C21H25N5OS. The van der Waals surface area contributed by atoms with Crippen molar-refractivity contribution in [2.24, 2.45) is 5.92 Å². The third-order valence-electron chi connectivity index (χ3n) is 5.35. The van der Waals surface area contributed by atoms with Crippen molar-refractivity contribution in [2.45, 2.75) is 33.1 Å². The Labute approximate surface area is 169 Å². The molecule has 2 aromatic heterocycles. The molecule has 146 valence electrons. The Morgan fingerprint density at radius 3 is 2.57 bits per heavy atom. The monoisotopic (exact) mass is 395 g/mol. The highest BCUT2D eigenvalue weighted by atomic mass is 32.1. The summed E-state index contributed by atoms with van der Waals surface area (Å²) in [4.78, 5) is 15.1. The zero-order valence-electron chi connectivity index (χ0n) is 16.3. The molecule has 1 aromatic carbocycles. The van der Waals surface area contributed by atoms with Crippen molar-refractivity contribution >= 4 is 28.1 Å². The zero-order valence-corrected chi connectivity index (χ0v) is 17.1. The summed E-state index contributed by atoms with van der Waals surface area (Å²) in [5.74, 6) is 0.173. The molecule has 0 aliphatic carbocycles. The van der Waals surface area contributed by atoms with E-state index in [9.17, 15) is 4.79 Å². The van der Waals surface area contributed by atoms with Gasteiger partial charge in [0.2, 0.25) is 16.2 Å². The van der Waals surface area contributed by atoms with Crippen LogP contribution in [0, 0.1) is 12.8 Å². The minimum absolute atomic E-state index is 0.0393. The predicted octanol–water partition coefficient (Wildman–Crippen LogP) is 4.05. The molecule has 28 heavy (non-hydrogen) atoms. The van der Waals surface area contributed by atoms with Gasteiger partial charge in [-0.05, 0) is 49.4 Å². The molecule has 0 atom stereocenters. The van der Waals surface area contributed by atoms with Crippen LogP contribution < -0.4 is 10.2 Å². The summed E-state index contributed by atoms with van der Waals surface area (Å²) < 4.78 is 1.97. The van der Waals surface area contributed by atoms with E-state index in [2.05, 4.69) is 46.4 Å². The number of para-hydroxylation sites is 1. The number of rotatable bonds is 5. The maximum absolute atomic E-state index is 12.8. The van der Waals surface area contributed by atoms with Crippen molar-refractivity contribution in [1.29, 1.82) is 0 Å². The first kappa shape index (κ1) is 18.7. The molecule has 0 unspecified atom stereocenters. The quantitative estimate of drug-likeness (QED) is 0.708. The maximum atomic E-state index is 12.8. The van der Waals surface area contributed by atoms with E-state index >= 15 is 0 Å². The molecule has 1 saturated heterocycles. The van der Waals surface area contributed by atoms with Gasteiger partial charge in [-0.25, -0.2) is 0 Å². The first-order valence-corrected chi connectivity index (χ1v) is 10.6. The number of hydrogen-bond donors (Lipinski definition) is 1. The van der Waals surface area contributed by atoms with E-state index in [4.69, 9.17) is 0 Å². The Balaban J connectivity index is 1.37. The third kappa shape index (κ3) is 3.80. The fourth-order valence-electron chi connectivity index (χ4n) is 3.66. The number of anilines is 2. The van der Waals surface area contributed by atoms with Gasteiger partial charge < -0.3 is 10.2 Å². The van der Waals surface area contributed by atoms with Crippen molar-refractivity contribution in [2.75, 3.05) is 23.3 Å². The summed E-state index contributed by atoms with van der Waals surface area (Å²) in [6, 6.07) is 10.1. The molecule has 4 rings (SSSR count). The van der Waals surface area contributed by atoms with E-state index in [0.29, 0.717) is 0 Å². The molecule has 0 spiro atoms. The van der Waals surface area contributed by atoms with E-state index < -0.39 is 0 Å². The Hall–Kier alpha value is -2.67. The second kappa shape index (κ2) is 8.14. The Morgan fingerprint density at radius 2 is 1.86 bits per heavy atom. The van der Waals surface area contributed by atoms with Crippen LogP contribution >= 0.6 is 11.3 Å². The molecular weight excluding hydrogens is 370 g/mol. The largest absolute Gasteiger partial charge is 0.347 e. The summed E-state index contributed by atoms with van der Waals surface area (Å²) in [5, 5.41) is 13.6. The molecule has 1 amide bonds. The van der Waals surface area contributed by atoms with Crippen LogP contribution in [0.25, 0.3) is 5.13 Å². The van der Waals surface area contributed by atoms with Crippen LogP contribution in [0.3, 0.4) is 0 Å². The lowest BCUT2D eigenvalue weighted by Crippen LogP contribution is -2.38. The minimum atomic E-state index is 0.0393. The van der Waals surface area contributed by atoms with Gasteiger partial charge in [-0.1, -0.05) is 36.5 Å². The summed E-state index contributed by atoms with van der Waals surface area (Å²) >= 11 is 1.58. The molecule has 0 bridgehead atoms. The number of aromatic nitrogens is 3. The molecule has 1 N–H and O–H groups in total. The number of amides is 1. The van der Waals surface area contributed by atoms with Crippen molar-refractivity contribution in [3.63, 3.8) is 0 Å². The van der Waals surface area contributed by atoms with Crippen LogP contribution in [0.15, 0.2) is 42.7 Å². The number of benzene rings is 1. The highest BCUT2D eigenvalue weighted by Crippen LogP contribution is 2.29. The number of piperidine rings is 1. The fraction of sp³-hybridized carbons (Fsp3) is 0.381. The maximum Gasteiger partial charge on any atom is 0.227 e. The molecule has 1 aliphatic heterocycles. The number of aryl methyl sites for hydroxylation is 2. The summed E-state index contributed by atoms with van der Waals surface area (Å²) in [6.45, 7) is 5.82. The second-order valence-corrected chi connectivity index (χ2v) is 8.11. The minimum Gasteiger partial charge on any atom is -0.347 e. The average Bonchev–Trinajstić information content (AvgIpc) is 3.41. The zero-order chi connectivity index (χ0) is 19.5. The van der Waals surface area contributed by atoms with Crippen LogP contribution in [-0.4, -0.2) is 33.8 Å². The first-order chi connectivity index (χ1) is 13.7. The van der Waals surface area contributed by atoms with Gasteiger partial charge in [-0.15, -0.1) is 10.2 Å². The topological polar surface area (TPSA) is 63.1 Å². The smallest absolute Gasteiger partial charge is 0.227 e. The molecule has 7 heteroatoms. The predicted molar refractivity (Wildman–Crippen MR) is 113 cm³/mol. The molecule has 0 saturated carbocycles. The van der Waals surface area contributed by atoms with E-state index in [1.54, 1.807) is 11.3 Å². The van der Waals surface area contributed by atoms with Crippen molar-refractivity contribution < 1.29 is 4.79 Å². The number of carbonyl (C=O) groups is 1. The highest BCUT2D eigenvalue weighted by molar-refractivity contribution is 7.17. The molecule has 6 nitrogen and oxygen atoms in total. The van der Waals surface area contributed by atoms with Gasteiger partial charge in [-0.2, -0.15) is 0 Å². The van der Waals surface area contributed by atoms with Gasteiger partial charge in [-0.3, -0.25) is 9.36 Å². The molecule has 1 aliphatic rings. The Morgan fingerprint density at radius 1 is 1.14 bits per heavy atom. The van der Waals surface area contributed by atoms with Crippen molar-refractivity contribution in [1.82, 2.24) is 14.8 Å². The van der Waals surface area contributed by atoms with Crippen molar-refractivity contribution in [3.05, 3.63) is 53.9 Å². The van der Waals surface area contributed by atoms with Gasteiger partial charge >= 0.3 is 0 Å². The van der Waals surface area contributed by atoms with Crippen molar-refractivity contribution in [3.8, 4) is 5.13 Å². The lowest BCUT2D eigenvalue weighted by Gasteiger charge is -2.31. The first-order valence-electron chi connectivity index (χ1n) is 9.77. The molecule has 1 fully saturated rings. The van der Waals surface area contributed by atoms with Gasteiger partial charge in [0.15, 0.2) is 0 Å². The lowest BCUT2D eigenvalue weighted by molar-refractivity contribution is -0.120. The van der Waals surface area contributed by atoms with E-state index in [0.717, 1.165) is 53.9 Å². The number of hydrogen-bond acceptors (Lipinski definition) is 5. The number of carbonyl (C=O) groups excluding carboxylic acids is 1. The van der Waals surface area contributed by atoms with Gasteiger partial charge in [0.1, 0.15) is 0 Å². The summed E-state index contributed by atoms with van der Waals surface area (Å²) in [6.07, 6.45) is 6.51.